The van der Waals surface area contributed by atoms with Crippen molar-refractivity contribution < 1.29 is 8.42 Å². The highest BCUT2D eigenvalue weighted by atomic mass is 32.2. The number of nitrogens with one attached hydrogen (secondary N) is 2. The predicted octanol–water partition coefficient (Wildman–Crippen LogP) is 1.47. The molecule has 0 spiro atoms. The molecule has 0 saturated carbocycles. The molecule has 0 unspecified atom stereocenters. The zero-order valence-corrected chi connectivity index (χ0v) is 10.9. The quantitative estimate of drug-likeness (QED) is 0.858. The van der Waals surface area contributed by atoms with Crippen molar-refractivity contribution in [1.82, 2.24) is 9.97 Å². The number of aromatic amines is 1. The van der Waals surface area contributed by atoms with Gasteiger partial charge in [0, 0.05) is 37.3 Å². The van der Waals surface area contributed by atoms with E-state index in [2.05, 4.69) is 15.3 Å². The number of anilines is 1. The summed E-state index contributed by atoms with van der Waals surface area (Å²) in [6, 6.07) is 6.73. The van der Waals surface area contributed by atoms with Gasteiger partial charge in [0.2, 0.25) is 0 Å². The largest absolute Gasteiger partial charge is 0.385 e. The van der Waals surface area contributed by atoms with Crippen LogP contribution in [0.15, 0.2) is 41.6 Å². The summed E-state index contributed by atoms with van der Waals surface area (Å²) in [5.74, 6) is 0.926. The summed E-state index contributed by atoms with van der Waals surface area (Å²) >= 11 is 0. The van der Waals surface area contributed by atoms with Crippen LogP contribution in [0.1, 0.15) is 5.82 Å². The van der Waals surface area contributed by atoms with E-state index in [0.717, 1.165) is 24.5 Å². The van der Waals surface area contributed by atoms with Gasteiger partial charge < -0.3 is 10.3 Å². The molecule has 0 aliphatic heterocycles. The van der Waals surface area contributed by atoms with Crippen LogP contribution in [0.4, 0.5) is 5.69 Å². The van der Waals surface area contributed by atoms with Gasteiger partial charge >= 0.3 is 0 Å². The van der Waals surface area contributed by atoms with Gasteiger partial charge in [-0.3, -0.25) is 0 Å². The normalized spacial score (nSPS) is 11.4. The van der Waals surface area contributed by atoms with Crippen LogP contribution < -0.4 is 5.32 Å². The first-order valence-corrected chi connectivity index (χ1v) is 7.47. The van der Waals surface area contributed by atoms with Crippen LogP contribution in [-0.2, 0) is 16.3 Å². The van der Waals surface area contributed by atoms with E-state index in [-0.39, 0.29) is 0 Å². The number of hydrogen-bond donors (Lipinski definition) is 2. The minimum atomic E-state index is -3.12. The van der Waals surface area contributed by atoms with Crippen LogP contribution in [0.5, 0.6) is 0 Å². The molecule has 2 rings (SSSR count). The van der Waals surface area contributed by atoms with Crippen molar-refractivity contribution in [3.8, 4) is 0 Å². The van der Waals surface area contributed by atoms with E-state index in [1.165, 1.54) is 6.26 Å². The summed E-state index contributed by atoms with van der Waals surface area (Å²) in [7, 11) is -3.12. The Morgan fingerprint density at radius 2 is 2.00 bits per heavy atom. The van der Waals surface area contributed by atoms with Gasteiger partial charge in [0.25, 0.3) is 0 Å². The first kappa shape index (κ1) is 12.6. The molecule has 2 N–H and O–H groups in total. The smallest absolute Gasteiger partial charge is 0.175 e. The number of imidazole rings is 1. The lowest BCUT2D eigenvalue weighted by atomic mass is 10.3. The molecule has 18 heavy (non-hydrogen) atoms. The second kappa shape index (κ2) is 5.22. The van der Waals surface area contributed by atoms with Gasteiger partial charge in [-0.2, -0.15) is 0 Å². The zero-order valence-electron chi connectivity index (χ0n) is 10.1. The third-order valence-corrected chi connectivity index (χ3v) is 3.66. The van der Waals surface area contributed by atoms with E-state index in [4.69, 9.17) is 0 Å². The average Bonchev–Trinajstić information content (AvgIpc) is 2.82. The molecule has 0 saturated heterocycles. The highest BCUT2D eigenvalue weighted by Crippen LogP contribution is 2.13. The Morgan fingerprint density at radius 3 is 2.56 bits per heavy atom. The maximum atomic E-state index is 11.3. The van der Waals surface area contributed by atoms with E-state index in [9.17, 15) is 8.42 Å². The second-order valence-corrected chi connectivity index (χ2v) is 6.02. The van der Waals surface area contributed by atoms with Gasteiger partial charge in [-0.1, -0.05) is 0 Å². The standard InChI is InChI=1S/C12H15N3O2S/c1-18(16,17)11-4-2-10(3-5-11)13-7-6-12-14-8-9-15-12/h2-5,8-9,13H,6-7H2,1H3,(H,14,15). The van der Waals surface area contributed by atoms with Crippen LogP contribution in [0.25, 0.3) is 0 Å². The molecule has 2 aromatic rings. The molecule has 0 atom stereocenters. The number of hydrogen-bond acceptors (Lipinski definition) is 4. The van der Waals surface area contributed by atoms with Gasteiger partial charge in [-0.05, 0) is 24.3 Å². The van der Waals surface area contributed by atoms with Crippen molar-refractivity contribution in [3.05, 3.63) is 42.5 Å². The lowest BCUT2D eigenvalue weighted by molar-refractivity contribution is 0.602. The maximum Gasteiger partial charge on any atom is 0.175 e. The minimum absolute atomic E-state index is 0.332. The van der Waals surface area contributed by atoms with Crippen LogP contribution >= 0.6 is 0 Å². The Balaban J connectivity index is 1.91. The van der Waals surface area contributed by atoms with Gasteiger partial charge in [0.1, 0.15) is 5.82 Å². The lowest BCUT2D eigenvalue weighted by Crippen LogP contribution is -2.06. The number of rotatable bonds is 5. The Bertz CT molecular complexity index is 589. The molecule has 6 heteroatoms. The molecule has 0 radical (unpaired) electrons. The Hall–Kier alpha value is -1.82. The molecule has 1 aromatic carbocycles. The van der Waals surface area contributed by atoms with Crippen LogP contribution in [0.2, 0.25) is 0 Å². The Labute approximate surface area is 106 Å². The minimum Gasteiger partial charge on any atom is -0.385 e. The van der Waals surface area contributed by atoms with Gasteiger partial charge in [-0.25, -0.2) is 13.4 Å². The highest BCUT2D eigenvalue weighted by molar-refractivity contribution is 7.90. The Morgan fingerprint density at radius 1 is 1.28 bits per heavy atom. The summed E-state index contributed by atoms with van der Waals surface area (Å²) in [6.07, 6.45) is 5.50. The monoisotopic (exact) mass is 265 g/mol. The van der Waals surface area contributed by atoms with E-state index in [1.54, 1.807) is 36.7 Å². The third-order valence-electron chi connectivity index (χ3n) is 2.53. The number of sulfone groups is 1. The number of nitrogens with zero attached hydrogens (tertiary/aromatic N) is 1. The highest BCUT2D eigenvalue weighted by Gasteiger charge is 2.05. The number of H-pyrrole nitrogens is 1. The number of benzene rings is 1. The van der Waals surface area contributed by atoms with Crippen molar-refractivity contribution in [2.45, 2.75) is 11.3 Å². The van der Waals surface area contributed by atoms with Crippen molar-refractivity contribution >= 4 is 15.5 Å². The molecule has 1 aromatic heterocycles. The van der Waals surface area contributed by atoms with Crippen molar-refractivity contribution in [1.29, 1.82) is 0 Å². The molecule has 0 amide bonds. The van der Waals surface area contributed by atoms with Gasteiger partial charge in [0.05, 0.1) is 4.90 Å². The molecule has 0 fully saturated rings. The molecular weight excluding hydrogens is 250 g/mol. The fraction of sp³-hybridized carbons (Fsp3) is 0.250. The van der Waals surface area contributed by atoms with Crippen LogP contribution in [0.3, 0.4) is 0 Å². The van der Waals surface area contributed by atoms with Crippen molar-refractivity contribution in [3.63, 3.8) is 0 Å². The lowest BCUT2D eigenvalue weighted by Gasteiger charge is -2.06. The van der Waals surface area contributed by atoms with Crippen LogP contribution in [-0.4, -0.2) is 31.2 Å². The molecule has 1 heterocycles. The van der Waals surface area contributed by atoms with E-state index < -0.39 is 9.84 Å². The maximum absolute atomic E-state index is 11.3. The van der Waals surface area contributed by atoms with Crippen molar-refractivity contribution in [2.75, 3.05) is 18.1 Å². The average molecular weight is 265 g/mol. The summed E-state index contributed by atoms with van der Waals surface area (Å²) in [5, 5.41) is 3.21. The molecule has 96 valence electrons. The van der Waals surface area contributed by atoms with Gasteiger partial charge in [-0.15, -0.1) is 0 Å². The Kier molecular flexibility index (Phi) is 3.66. The summed E-state index contributed by atoms with van der Waals surface area (Å²) in [6.45, 7) is 0.742. The third kappa shape index (κ3) is 3.33. The summed E-state index contributed by atoms with van der Waals surface area (Å²) in [4.78, 5) is 7.47. The molecule has 0 bridgehead atoms. The second-order valence-electron chi connectivity index (χ2n) is 4.01. The molecule has 0 aliphatic carbocycles. The topological polar surface area (TPSA) is 74.8 Å². The van der Waals surface area contributed by atoms with Crippen molar-refractivity contribution in [2.24, 2.45) is 0 Å². The number of aromatic nitrogens is 2. The predicted molar refractivity (Wildman–Crippen MR) is 70.3 cm³/mol. The molecule has 5 nitrogen and oxygen atoms in total. The van der Waals surface area contributed by atoms with Crippen LogP contribution in [0, 0.1) is 0 Å². The van der Waals surface area contributed by atoms with E-state index in [0.29, 0.717) is 4.90 Å². The SMILES string of the molecule is CS(=O)(=O)c1ccc(NCCc2ncc[nH]2)cc1. The fourth-order valence-electron chi connectivity index (χ4n) is 1.58. The van der Waals surface area contributed by atoms with Gasteiger partial charge in [0.15, 0.2) is 9.84 Å². The first-order valence-electron chi connectivity index (χ1n) is 5.58. The molecule has 0 aliphatic rings. The fourth-order valence-corrected chi connectivity index (χ4v) is 2.21. The molecular formula is C12H15N3O2S. The summed E-state index contributed by atoms with van der Waals surface area (Å²) in [5.41, 5.74) is 0.897. The van der Waals surface area contributed by atoms with E-state index in [1.807, 2.05) is 0 Å². The summed E-state index contributed by atoms with van der Waals surface area (Å²) < 4.78 is 22.6. The zero-order chi connectivity index (χ0) is 13.0. The first-order chi connectivity index (χ1) is 8.55. The van der Waals surface area contributed by atoms with E-state index >= 15 is 0 Å².